The molecule has 0 saturated heterocycles. The minimum absolute atomic E-state index is 0.0512. The molecule has 1 aliphatic rings. The summed E-state index contributed by atoms with van der Waals surface area (Å²) in [7, 11) is -3.70. The molecule has 0 N–H and O–H groups in total. The van der Waals surface area contributed by atoms with E-state index in [1.54, 1.807) is 18.2 Å². The molecule has 0 aliphatic heterocycles. The fraction of sp³-hybridized carbons (Fsp3) is 0.200. The van der Waals surface area contributed by atoms with Crippen LogP contribution in [0, 0.1) is 11.3 Å². The van der Waals surface area contributed by atoms with Gasteiger partial charge in [0.25, 0.3) is 0 Å². The third-order valence-corrected chi connectivity index (χ3v) is 6.72. The number of halogens is 1. The fourth-order valence-corrected chi connectivity index (χ4v) is 4.68. The lowest BCUT2D eigenvalue weighted by Crippen LogP contribution is -2.32. The maximum atomic E-state index is 13.1. The predicted octanol–water partition coefficient (Wildman–Crippen LogP) is 4.22. The second kappa shape index (κ2) is 7.40. The van der Waals surface area contributed by atoms with Crippen LogP contribution >= 0.6 is 11.6 Å². The van der Waals surface area contributed by atoms with Crippen molar-refractivity contribution in [3.8, 4) is 17.3 Å². The zero-order chi connectivity index (χ0) is 19.7. The Labute approximate surface area is 168 Å². The van der Waals surface area contributed by atoms with Crippen molar-refractivity contribution in [3.05, 3.63) is 70.9 Å². The molecule has 28 heavy (non-hydrogen) atoms. The van der Waals surface area contributed by atoms with E-state index in [-0.39, 0.29) is 17.5 Å². The van der Waals surface area contributed by atoms with Gasteiger partial charge in [-0.3, -0.25) is 0 Å². The summed E-state index contributed by atoms with van der Waals surface area (Å²) in [6.45, 7) is 0.105. The summed E-state index contributed by atoms with van der Waals surface area (Å²) in [6, 6.07) is 16.8. The Hall–Kier alpha value is -2.66. The molecule has 0 atom stereocenters. The number of hydrogen-bond donors (Lipinski definition) is 0. The van der Waals surface area contributed by atoms with Crippen LogP contribution in [0.5, 0.6) is 0 Å². The lowest BCUT2D eigenvalue weighted by molar-refractivity contribution is 0.318. The number of hydrogen-bond acceptors (Lipinski definition) is 5. The molecule has 8 heteroatoms. The van der Waals surface area contributed by atoms with Gasteiger partial charge in [0, 0.05) is 22.7 Å². The van der Waals surface area contributed by atoms with E-state index in [1.165, 1.54) is 28.6 Å². The summed E-state index contributed by atoms with van der Waals surface area (Å²) in [5.41, 5.74) is 1.88. The van der Waals surface area contributed by atoms with Crippen molar-refractivity contribution in [1.29, 1.82) is 5.26 Å². The van der Waals surface area contributed by atoms with Crippen LogP contribution in [-0.4, -0.2) is 23.9 Å². The van der Waals surface area contributed by atoms with Gasteiger partial charge in [-0.2, -0.15) is 9.57 Å². The van der Waals surface area contributed by atoms with Gasteiger partial charge in [0.05, 0.1) is 23.1 Å². The standard InChI is InChI=1S/C20H16ClN3O3S/c21-16-5-3-15(4-6-16)20-11-18(27-23-20)13-24(17-7-8-17)28(25,26)19-9-1-14(12-22)2-10-19/h1-6,9-11,17H,7-8,13H2. The van der Waals surface area contributed by atoms with Crippen LogP contribution in [0.15, 0.2) is 64.0 Å². The minimum atomic E-state index is -3.70. The lowest BCUT2D eigenvalue weighted by atomic mass is 10.1. The summed E-state index contributed by atoms with van der Waals surface area (Å²) < 4.78 is 33.0. The molecule has 142 valence electrons. The monoisotopic (exact) mass is 413 g/mol. The first-order chi connectivity index (χ1) is 13.5. The molecule has 4 rings (SSSR count). The number of rotatable bonds is 6. The first kappa shape index (κ1) is 18.7. The van der Waals surface area contributed by atoms with Gasteiger partial charge in [-0.1, -0.05) is 28.9 Å². The molecular formula is C20H16ClN3O3S. The second-order valence-corrected chi connectivity index (χ2v) is 8.93. The Balaban J connectivity index is 1.59. The Kier molecular flexibility index (Phi) is 4.94. The van der Waals surface area contributed by atoms with Gasteiger partial charge in [0.2, 0.25) is 10.0 Å². The van der Waals surface area contributed by atoms with Gasteiger partial charge in [0.1, 0.15) is 5.69 Å². The quantitative estimate of drug-likeness (QED) is 0.603. The average molecular weight is 414 g/mol. The van der Waals surface area contributed by atoms with E-state index in [0.29, 0.717) is 22.0 Å². The van der Waals surface area contributed by atoms with Gasteiger partial charge in [0.15, 0.2) is 5.76 Å². The molecule has 0 amide bonds. The van der Waals surface area contributed by atoms with Crippen LogP contribution in [0.3, 0.4) is 0 Å². The van der Waals surface area contributed by atoms with E-state index in [9.17, 15) is 8.42 Å². The normalized spacial score (nSPS) is 14.2. The molecule has 0 unspecified atom stereocenters. The molecule has 0 radical (unpaired) electrons. The zero-order valence-corrected chi connectivity index (χ0v) is 16.3. The van der Waals surface area contributed by atoms with E-state index >= 15 is 0 Å². The average Bonchev–Trinajstić information content (AvgIpc) is 3.44. The summed E-state index contributed by atoms with van der Waals surface area (Å²) in [5, 5.41) is 13.6. The minimum Gasteiger partial charge on any atom is -0.359 e. The van der Waals surface area contributed by atoms with Crippen molar-refractivity contribution >= 4 is 21.6 Å². The van der Waals surface area contributed by atoms with Crippen molar-refractivity contribution in [3.63, 3.8) is 0 Å². The molecule has 2 aromatic carbocycles. The number of nitriles is 1. The first-order valence-corrected chi connectivity index (χ1v) is 10.5. The maximum Gasteiger partial charge on any atom is 0.243 e. The molecule has 3 aromatic rings. The van der Waals surface area contributed by atoms with Crippen molar-refractivity contribution in [2.75, 3.05) is 0 Å². The van der Waals surface area contributed by atoms with Gasteiger partial charge in [-0.25, -0.2) is 8.42 Å². The highest BCUT2D eigenvalue weighted by Gasteiger charge is 2.38. The molecule has 0 bridgehead atoms. The third-order valence-electron chi connectivity index (χ3n) is 4.55. The van der Waals surface area contributed by atoms with Crippen LogP contribution < -0.4 is 0 Å². The van der Waals surface area contributed by atoms with Gasteiger partial charge < -0.3 is 4.52 Å². The maximum absolute atomic E-state index is 13.1. The van der Waals surface area contributed by atoms with Crippen LogP contribution in [0.4, 0.5) is 0 Å². The van der Waals surface area contributed by atoms with Crippen molar-refractivity contribution in [2.24, 2.45) is 0 Å². The molecular weight excluding hydrogens is 398 g/mol. The van der Waals surface area contributed by atoms with E-state index in [4.69, 9.17) is 21.4 Å². The van der Waals surface area contributed by atoms with E-state index in [0.717, 1.165) is 18.4 Å². The molecule has 0 spiro atoms. The summed E-state index contributed by atoms with van der Waals surface area (Å²) in [5.74, 6) is 0.467. The smallest absolute Gasteiger partial charge is 0.243 e. The van der Waals surface area contributed by atoms with Crippen molar-refractivity contribution in [2.45, 2.75) is 30.3 Å². The van der Waals surface area contributed by atoms with Crippen molar-refractivity contribution in [1.82, 2.24) is 9.46 Å². The zero-order valence-electron chi connectivity index (χ0n) is 14.7. The Morgan fingerprint density at radius 1 is 1.14 bits per heavy atom. The third kappa shape index (κ3) is 3.80. The summed E-state index contributed by atoms with van der Waals surface area (Å²) >= 11 is 5.91. The molecule has 6 nitrogen and oxygen atoms in total. The molecule has 1 heterocycles. The lowest BCUT2D eigenvalue weighted by Gasteiger charge is -2.20. The highest BCUT2D eigenvalue weighted by Crippen LogP contribution is 2.34. The highest BCUT2D eigenvalue weighted by molar-refractivity contribution is 7.89. The van der Waals surface area contributed by atoms with Crippen LogP contribution in [-0.2, 0) is 16.6 Å². The number of nitrogens with zero attached hydrogens (tertiary/aromatic N) is 3. The first-order valence-electron chi connectivity index (χ1n) is 8.71. The van der Waals surface area contributed by atoms with Crippen molar-refractivity contribution < 1.29 is 12.9 Å². The fourth-order valence-electron chi connectivity index (χ4n) is 2.91. The number of aromatic nitrogens is 1. The SMILES string of the molecule is N#Cc1ccc(S(=O)(=O)N(Cc2cc(-c3ccc(Cl)cc3)no2)C2CC2)cc1. The van der Waals surface area contributed by atoms with Crippen LogP contribution in [0.2, 0.25) is 5.02 Å². The summed E-state index contributed by atoms with van der Waals surface area (Å²) in [6.07, 6.45) is 1.63. The largest absolute Gasteiger partial charge is 0.359 e. The Morgan fingerprint density at radius 2 is 1.82 bits per heavy atom. The number of sulfonamides is 1. The summed E-state index contributed by atoms with van der Waals surface area (Å²) in [4.78, 5) is 0.163. The van der Waals surface area contributed by atoms with Gasteiger partial charge in [-0.05, 0) is 49.2 Å². The highest BCUT2D eigenvalue weighted by atomic mass is 35.5. The second-order valence-electron chi connectivity index (χ2n) is 6.60. The van der Waals surface area contributed by atoms with Gasteiger partial charge in [-0.15, -0.1) is 0 Å². The molecule has 1 aliphatic carbocycles. The molecule has 1 saturated carbocycles. The van der Waals surface area contributed by atoms with E-state index in [2.05, 4.69) is 5.16 Å². The molecule has 1 fully saturated rings. The van der Waals surface area contributed by atoms with E-state index < -0.39 is 10.0 Å². The Morgan fingerprint density at radius 3 is 2.43 bits per heavy atom. The van der Waals surface area contributed by atoms with Crippen LogP contribution in [0.1, 0.15) is 24.2 Å². The van der Waals surface area contributed by atoms with E-state index in [1.807, 2.05) is 18.2 Å². The number of benzene rings is 2. The van der Waals surface area contributed by atoms with Gasteiger partial charge >= 0.3 is 0 Å². The Bertz CT molecular complexity index is 1130. The topological polar surface area (TPSA) is 87.2 Å². The van der Waals surface area contributed by atoms with Crippen LogP contribution in [0.25, 0.3) is 11.3 Å². The predicted molar refractivity (Wildman–Crippen MR) is 104 cm³/mol. The molecule has 1 aromatic heterocycles.